The van der Waals surface area contributed by atoms with Crippen LogP contribution in [0.4, 0.5) is 0 Å². The van der Waals surface area contributed by atoms with Crippen molar-refractivity contribution in [3.8, 4) is 0 Å². The molecule has 2 rings (SSSR count). The fourth-order valence-electron chi connectivity index (χ4n) is 2.38. The number of aromatic nitrogens is 2. The van der Waals surface area contributed by atoms with E-state index < -0.39 is 10.0 Å². The van der Waals surface area contributed by atoms with Gasteiger partial charge in [0, 0.05) is 25.3 Å². The van der Waals surface area contributed by atoms with Gasteiger partial charge in [-0.05, 0) is 26.2 Å². The molecule has 1 aliphatic heterocycles. The van der Waals surface area contributed by atoms with Gasteiger partial charge in [0.1, 0.15) is 5.69 Å². The van der Waals surface area contributed by atoms with Crippen LogP contribution in [0.2, 0.25) is 0 Å². The van der Waals surface area contributed by atoms with Crippen LogP contribution in [-0.2, 0) is 10.0 Å². The van der Waals surface area contributed by atoms with E-state index in [-0.39, 0.29) is 18.5 Å². The van der Waals surface area contributed by atoms with Gasteiger partial charge in [-0.25, -0.2) is 18.1 Å². The third-order valence-corrected chi connectivity index (χ3v) is 4.16. The Kier molecular flexibility index (Phi) is 4.89. The second kappa shape index (κ2) is 6.48. The summed E-state index contributed by atoms with van der Waals surface area (Å²) < 4.78 is 24.9. The molecule has 0 aliphatic carbocycles. The summed E-state index contributed by atoms with van der Waals surface area (Å²) in [6.07, 6.45) is 6.83. The van der Waals surface area contributed by atoms with Crippen molar-refractivity contribution in [1.29, 1.82) is 0 Å². The van der Waals surface area contributed by atoms with E-state index >= 15 is 0 Å². The summed E-state index contributed by atoms with van der Waals surface area (Å²) in [4.78, 5) is 22.4. The molecule has 1 fully saturated rings. The van der Waals surface area contributed by atoms with Crippen LogP contribution in [0.25, 0.3) is 0 Å². The Morgan fingerprint density at radius 3 is 2.76 bits per heavy atom. The summed E-state index contributed by atoms with van der Waals surface area (Å²) in [5, 5.41) is 0. The highest BCUT2D eigenvalue weighted by atomic mass is 32.2. The number of carbonyl (C=O) groups is 1. The van der Waals surface area contributed by atoms with Crippen LogP contribution in [-0.4, -0.2) is 54.6 Å². The molecule has 2 heterocycles. The minimum atomic E-state index is -3.26. The van der Waals surface area contributed by atoms with E-state index in [4.69, 9.17) is 0 Å². The molecule has 1 aromatic heterocycles. The van der Waals surface area contributed by atoms with Gasteiger partial charge in [0.25, 0.3) is 5.91 Å². The summed E-state index contributed by atoms with van der Waals surface area (Å²) >= 11 is 0. The fraction of sp³-hybridized carbons (Fsp3) is 0.615. The maximum Gasteiger partial charge on any atom is 0.274 e. The number of nitrogens with one attached hydrogen (secondary N) is 1. The van der Waals surface area contributed by atoms with Crippen LogP contribution in [0, 0.1) is 6.92 Å². The van der Waals surface area contributed by atoms with E-state index in [1.807, 2.05) is 0 Å². The summed E-state index contributed by atoms with van der Waals surface area (Å²) in [6, 6.07) is -0.135. The lowest BCUT2D eigenvalue weighted by Crippen LogP contribution is -2.49. The molecule has 1 saturated heterocycles. The number of nitrogens with zero attached hydrogens (tertiary/aromatic N) is 3. The highest BCUT2D eigenvalue weighted by molar-refractivity contribution is 7.88. The van der Waals surface area contributed by atoms with Crippen molar-refractivity contribution >= 4 is 15.9 Å². The summed E-state index contributed by atoms with van der Waals surface area (Å²) in [6.45, 7) is 2.66. The largest absolute Gasteiger partial charge is 0.333 e. The number of hydrogen-bond donors (Lipinski definition) is 1. The van der Waals surface area contributed by atoms with Crippen LogP contribution in [0.5, 0.6) is 0 Å². The van der Waals surface area contributed by atoms with E-state index in [0.29, 0.717) is 12.2 Å². The molecular formula is C13H20N4O3S. The van der Waals surface area contributed by atoms with E-state index in [1.54, 1.807) is 18.0 Å². The van der Waals surface area contributed by atoms with E-state index in [2.05, 4.69) is 14.7 Å². The second-order valence-electron chi connectivity index (χ2n) is 5.31. The molecule has 0 bridgehead atoms. The normalized spacial score (nSPS) is 19.5. The number of carbonyl (C=O) groups excluding carboxylic acids is 1. The Bertz CT molecular complexity index is 600. The predicted octanol–water partition coefficient (Wildman–Crippen LogP) is 0.329. The van der Waals surface area contributed by atoms with Gasteiger partial charge in [0.2, 0.25) is 10.0 Å². The molecule has 0 spiro atoms. The Balaban J connectivity index is 2.10. The van der Waals surface area contributed by atoms with E-state index in [1.165, 1.54) is 6.20 Å². The molecule has 7 nitrogen and oxygen atoms in total. The van der Waals surface area contributed by atoms with Gasteiger partial charge in [0.15, 0.2) is 0 Å². The summed E-state index contributed by atoms with van der Waals surface area (Å²) in [5.41, 5.74) is 1.05. The summed E-state index contributed by atoms with van der Waals surface area (Å²) in [7, 11) is -3.26. The third kappa shape index (κ3) is 4.47. The molecular weight excluding hydrogens is 292 g/mol. The number of aryl methyl sites for hydroxylation is 1. The maximum absolute atomic E-state index is 12.5. The second-order valence-corrected chi connectivity index (χ2v) is 7.14. The van der Waals surface area contributed by atoms with E-state index in [0.717, 1.165) is 31.2 Å². The first kappa shape index (κ1) is 15.8. The molecule has 8 heteroatoms. The number of rotatable bonds is 4. The molecule has 0 radical (unpaired) electrons. The molecule has 1 aromatic rings. The number of piperidine rings is 1. The van der Waals surface area contributed by atoms with Crippen molar-refractivity contribution in [2.75, 3.05) is 19.3 Å². The maximum atomic E-state index is 12.5. The van der Waals surface area contributed by atoms with Crippen molar-refractivity contribution in [3.05, 3.63) is 23.8 Å². The average molecular weight is 312 g/mol. The smallest absolute Gasteiger partial charge is 0.274 e. The lowest BCUT2D eigenvalue weighted by atomic mass is 10.0. The number of likely N-dealkylation sites (tertiary alicyclic amines) is 1. The topological polar surface area (TPSA) is 92.3 Å². The van der Waals surface area contributed by atoms with Crippen molar-refractivity contribution in [2.45, 2.75) is 32.2 Å². The Hall–Kier alpha value is -1.54. The van der Waals surface area contributed by atoms with Gasteiger partial charge < -0.3 is 4.90 Å². The quantitative estimate of drug-likeness (QED) is 0.865. The van der Waals surface area contributed by atoms with Gasteiger partial charge in [0.05, 0.1) is 18.1 Å². The van der Waals surface area contributed by atoms with Crippen molar-refractivity contribution in [1.82, 2.24) is 19.6 Å². The molecule has 1 atom stereocenters. The van der Waals surface area contributed by atoms with Gasteiger partial charge >= 0.3 is 0 Å². The van der Waals surface area contributed by atoms with Crippen molar-refractivity contribution < 1.29 is 13.2 Å². The minimum absolute atomic E-state index is 0.135. The predicted molar refractivity (Wildman–Crippen MR) is 78.3 cm³/mol. The SMILES string of the molecule is Cc1cnc(C(=O)N2CCCCC2CNS(C)(=O)=O)cn1. The zero-order chi connectivity index (χ0) is 15.5. The van der Waals surface area contributed by atoms with Crippen molar-refractivity contribution in [3.63, 3.8) is 0 Å². The van der Waals surface area contributed by atoms with Gasteiger partial charge in [-0.15, -0.1) is 0 Å². The van der Waals surface area contributed by atoms with Gasteiger partial charge in [-0.1, -0.05) is 0 Å². The monoisotopic (exact) mass is 312 g/mol. The first-order chi connectivity index (χ1) is 9.87. The molecule has 1 N–H and O–H groups in total. The highest BCUT2D eigenvalue weighted by Gasteiger charge is 2.28. The number of amides is 1. The molecule has 0 aromatic carbocycles. The molecule has 21 heavy (non-hydrogen) atoms. The lowest BCUT2D eigenvalue weighted by Gasteiger charge is -2.35. The van der Waals surface area contributed by atoms with Gasteiger partial charge in [-0.3, -0.25) is 9.78 Å². The van der Waals surface area contributed by atoms with Crippen LogP contribution in [0.15, 0.2) is 12.4 Å². The molecule has 1 amide bonds. The number of sulfonamides is 1. The molecule has 1 unspecified atom stereocenters. The Labute approximate surface area is 124 Å². The van der Waals surface area contributed by atoms with Crippen LogP contribution >= 0.6 is 0 Å². The fourth-order valence-corrected chi connectivity index (χ4v) is 2.87. The first-order valence-corrected chi connectivity index (χ1v) is 8.80. The average Bonchev–Trinajstić information content (AvgIpc) is 2.45. The Morgan fingerprint density at radius 2 is 2.14 bits per heavy atom. The summed E-state index contributed by atoms with van der Waals surface area (Å²) in [5.74, 6) is -0.192. The zero-order valence-corrected chi connectivity index (χ0v) is 13.1. The van der Waals surface area contributed by atoms with Gasteiger partial charge in [-0.2, -0.15) is 0 Å². The van der Waals surface area contributed by atoms with Crippen molar-refractivity contribution in [2.24, 2.45) is 0 Å². The zero-order valence-electron chi connectivity index (χ0n) is 12.2. The van der Waals surface area contributed by atoms with Crippen LogP contribution < -0.4 is 4.72 Å². The third-order valence-electron chi connectivity index (χ3n) is 3.47. The van der Waals surface area contributed by atoms with Crippen LogP contribution in [0.1, 0.15) is 35.4 Å². The molecule has 116 valence electrons. The minimum Gasteiger partial charge on any atom is -0.333 e. The highest BCUT2D eigenvalue weighted by Crippen LogP contribution is 2.18. The first-order valence-electron chi connectivity index (χ1n) is 6.91. The molecule has 1 aliphatic rings. The van der Waals surface area contributed by atoms with Crippen LogP contribution in [0.3, 0.4) is 0 Å². The lowest BCUT2D eigenvalue weighted by molar-refractivity contribution is 0.0612. The standard InChI is InChI=1S/C13H20N4O3S/c1-10-7-15-12(9-14-10)13(18)17-6-4-3-5-11(17)8-16-21(2,19)20/h7,9,11,16H,3-6,8H2,1-2H3. The Morgan fingerprint density at radius 1 is 1.38 bits per heavy atom. The van der Waals surface area contributed by atoms with E-state index in [9.17, 15) is 13.2 Å². The molecule has 0 saturated carbocycles. The number of hydrogen-bond acceptors (Lipinski definition) is 5.